The highest BCUT2D eigenvalue weighted by atomic mass is 15.2. The molecule has 15 heavy (non-hydrogen) atoms. The van der Waals surface area contributed by atoms with Gasteiger partial charge in [0.25, 0.3) is 0 Å². The molecule has 0 aromatic heterocycles. The maximum atomic E-state index is 5.74. The Balaban J connectivity index is 2.10. The lowest BCUT2D eigenvalue weighted by atomic mass is 10.4. The van der Waals surface area contributed by atoms with Gasteiger partial charge in [-0.2, -0.15) is 0 Å². The van der Waals surface area contributed by atoms with Gasteiger partial charge in [0.15, 0.2) is 5.96 Å². The number of guanidine groups is 1. The van der Waals surface area contributed by atoms with E-state index in [0.717, 1.165) is 26.2 Å². The molecule has 1 fully saturated rings. The van der Waals surface area contributed by atoms with Crippen molar-refractivity contribution in [2.45, 2.75) is 39.2 Å². The Hall–Kier alpha value is -0.770. The van der Waals surface area contributed by atoms with Gasteiger partial charge in [0.05, 0.1) is 6.54 Å². The fraction of sp³-hybridized carbons (Fsp3) is 0.909. The van der Waals surface area contributed by atoms with Crippen molar-refractivity contribution in [3.8, 4) is 0 Å². The van der Waals surface area contributed by atoms with Gasteiger partial charge in [-0.25, -0.2) is 0 Å². The quantitative estimate of drug-likeness (QED) is 0.484. The molecular weight excluding hydrogens is 188 g/mol. The first-order chi connectivity index (χ1) is 7.26. The van der Waals surface area contributed by atoms with Gasteiger partial charge >= 0.3 is 0 Å². The molecule has 0 heterocycles. The molecule has 1 rings (SSSR count). The molecule has 88 valence electrons. The second-order valence-electron chi connectivity index (χ2n) is 4.12. The van der Waals surface area contributed by atoms with Crippen LogP contribution in [0, 0.1) is 0 Å². The van der Waals surface area contributed by atoms with Crippen molar-refractivity contribution in [3.05, 3.63) is 0 Å². The highest BCUT2D eigenvalue weighted by molar-refractivity contribution is 5.78. The normalized spacial score (nSPS) is 17.1. The first-order valence-electron chi connectivity index (χ1n) is 6.05. The summed E-state index contributed by atoms with van der Waals surface area (Å²) in [5.74, 6) is 0.616. The first kappa shape index (κ1) is 12.3. The predicted octanol–water partition coefficient (Wildman–Crippen LogP) is 0.785. The molecule has 0 atom stereocenters. The van der Waals surface area contributed by atoms with E-state index in [9.17, 15) is 0 Å². The van der Waals surface area contributed by atoms with Gasteiger partial charge in [-0.05, 0) is 32.4 Å². The molecule has 4 nitrogen and oxygen atoms in total. The molecule has 0 saturated heterocycles. The van der Waals surface area contributed by atoms with E-state index < -0.39 is 0 Å². The monoisotopic (exact) mass is 212 g/mol. The molecular formula is C11H24N4. The zero-order chi connectivity index (χ0) is 11.1. The minimum Gasteiger partial charge on any atom is -0.370 e. The number of likely N-dealkylation sites (N-methyl/N-ethyl adjacent to an activating group) is 1. The number of nitrogens with two attached hydrogens (primary N) is 1. The number of nitrogens with one attached hydrogen (secondary N) is 1. The molecule has 0 aliphatic heterocycles. The van der Waals surface area contributed by atoms with Crippen molar-refractivity contribution < 1.29 is 0 Å². The van der Waals surface area contributed by atoms with Crippen molar-refractivity contribution in [1.29, 1.82) is 0 Å². The van der Waals surface area contributed by atoms with Gasteiger partial charge in [0.2, 0.25) is 0 Å². The standard InChI is InChI=1S/C11H24N4/c1-3-8-15(4-2)9-7-13-11(12)14-10-5-6-10/h10H,3-9H2,1-2H3,(H3,12,13,14). The van der Waals surface area contributed by atoms with Crippen molar-refractivity contribution in [1.82, 2.24) is 10.2 Å². The maximum Gasteiger partial charge on any atom is 0.188 e. The number of aliphatic imine (C=N–C) groups is 1. The largest absolute Gasteiger partial charge is 0.370 e. The highest BCUT2D eigenvalue weighted by Crippen LogP contribution is 2.17. The Morgan fingerprint density at radius 2 is 2.13 bits per heavy atom. The Morgan fingerprint density at radius 3 is 2.67 bits per heavy atom. The molecule has 1 aliphatic rings. The fourth-order valence-corrected chi connectivity index (χ4v) is 1.54. The van der Waals surface area contributed by atoms with Gasteiger partial charge in [-0.1, -0.05) is 13.8 Å². The summed E-state index contributed by atoms with van der Waals surface area (Å²) in [5, 5.41) is 3.19. The van der Waals surface area contributed by atoms with Crippen LogP contribution in [0.15, 0.2) is 4.99 Å². The Labute approximate surface area is 92.9 Å². The van der Waals surface area contributed by atoms with Crippen LogP contribution < -0.4 is 11.1 Å². The van der Waals surface area contributed by atoms with Crippen molar-refractivity contribution >= 4 is 5.96 Å². The Bertz CT molecular complexity index is 199. The van der Waals surface area contributed by atoms with Gasteiger partial charge in [-0.15, -0.1) is 0 Å². The van der Waals surface area contributed by atoms with E-state index in [1.807, 2.05) is 0 Å². The molecule has 0 spiro atoms. The molecule has 0 aromatic carbocycles. The van der Waals surface area contributed by atoms with E-state index >= 15 is 0 Å². The predicted molar refractivity (Wildman–Crippen MR) is 65.1 cm³/mol. The third-order valence-corrected chi connectivity index (χ3v) is 2.61. The number of rotatable bonds is 7. The van der Waals surface area contributed by atoms with Gasteiger partial charge in [-0.3, -0.25) is 4.99 Å². The molecule has 1 aliphatic carbocycles. The summed E-state index contributed by atoms with van der Waals surface area (Å²) in [6.07, 6.45) is 3.69. The van der Waals surface area contributed by atoms with Gasteiger partial charge in [0.1, 0.15) is 0 Å². The highest BCUT2D eigenvalue weighted by Gasteiger charge is 2.21. The lowest BCUT2D eigenvalue weighted by molar-refractivity contribution is 0.297. The summed E-state index contributed by atoms with van der Waals surface area (Å²) in [6, 6.07) is 0.603. The minimum atomic E-state index is 0.603. The Morgan fingerprint density at radius 1 is 1.40 bits per heavy atom. The van der Waals surface area contributed by atoms with Crippen LogP contribution in [0.3, 0.4) is 0 Å². The van der Waals surface area contributed by atoms with Crippen molar-refractivity contribution in [2.75, 3.05) is 26.2 Å². The molecule has 0 radical (unpaired) electrons. The van der Waals surface area contributed by atoms with Crippen LogP contribution in [0.4, 0.5) is 0 Å². The number of nitrogens with zero attached hydrogens (tertiary/aromatic N) is 2. The van der Waals surface area contributed by atoms with Crippen LogP contribution in [-0.2, 0) is 0 Å². The molecule has 0 unspecified atom stereocenters. The summed E-state index contributed by atoms with van der Waals surface area (Å²) >= 11 is 0. The lowest BCUT2D eigenvalue weighted by Crippen LogP contribution is -2.34. The third-order valence-electron chi connectivity index (χ3n) is 2.61. The summed E-state index contributed by atoms with van der Waals surface area (Å²) in [5.41, 5.74) is 5.74. The van der Waals surface area contributed by atoms with E-state index in [-0.39, 0.29) is 0 Å². The Kier molecular flexibility index (Phi) is 5.47. The van der Waals surface area contributed by atoms with Crippen LogP contribution in [0.2, 0.25) is 0 Å². The second kappa shape index (κ2) is 6.67. The van der Waals surface area contributed by atoms with Gasteiger partial charge in [0, 0.05) is 12.6 Å². The van der Waals surface area contributed by atoms with Crippen LogP contribution in [-0.4, -0.2) is 43.1 Å². The zero-order valence-corrected chi connectivity index (χ0v) is 10.00. The van der Waals surface area contributed by atoms with Crippen LogP contribution in [0.1, 0.15) is 33.1 Å². The smallest absolute Gasteiger partial charge is 0.188 e. The molecule has 0 amide bonds. The van der Waals surface area contributed by atoms with Crippen molar-refractivity contribution in [3.63, 3.8) is 0 Å². The minimum absolute atomic E-state index is 0.603. The average molecular weight is 212 g/mol. The van der Waals surface area contributed by atoms with Crippen LogP contribution >= 0.6 is 0 Å². The molecule has 4 heteroatoms. The number of hydrogen-bond acceptors (Lipinski definition) is 2. The number of hydrogen-bond donors (Lipinski definition) is 2. The average Bonchev–Trinajstić information content (AvgIpc) is 3.00. The van der Waals surface area contributed by atoms with E-state index in [2.05, 4.69) is 29.1 Å². The lowest BCUT2D eigenvalue weighted by Gasteiger charge is -2.18. The first-order valence-corrected chi connectivity index (χ1v) is 6.05. The summed E-state index contributed by atoms with van der Waals surface area (Å²) < 4.78 is 0. The van der Waals surface area contributed by atoms with Gasteiger partial charge < -0.3 is 16.0 Å². The maximum absolute atomic E-state index is 5.74. The second-order valence-corrected chi connectivity index (χ2v) is 4.12. The summed E-state index contributed by atoms with van der Waals surface area (Å²) in [6.45, 7) is 8.46. The molecule has 3 N–H and O–H groups in total. The summed E-state index contributed by atoms with van der Waals surface area (Å²) in [7, 11) is 0. The SMILES string of the molecule is CCCN(CC)CCN=C(N)NC1CC1. The van der Waals surface area contributed by atoms with Crippen LogP contribution in [0.25, 0.3) is 0 Å². The van der Waals surface area contributed by atoms with E-state index in [1.54, 1.807) is 0 Å². The molecule has 0 bridgehead atoms. The van der Waals surface area contributed by atoms with E-state index in [4.69, 9.17) is 5.73 Å². The topological polar surface area (TPSA) is 53.6 Å². The molecule has 0 aromatic rings. The van der Waals surface area contributed by atoms with E-state index in [0.29, 0.717) is 12.0 Å². The van der Waals surface area contributed by atoms with Crippen LogP contribution in [0.5, 0.6) is 0 Å². The summed E-state index contributed by atoms with van der Waals surface area (Å²) in [4.78, 5) is 6.71. The van der Waals surface area contributed by atoms with E-state index in [1.165, 1.54) is 19.3 Å². The fourth-order valence-electron chi connectivity index (χ4n) is 1.54. The molecule has 1 saturated carbocycles. The third kappa shape index (κ3) is 5.62. The zero-order valence-electron chi connectivity index (χ0n) is 10.00. The van der Waals surface area contributed by atoms with Crippen molar-refractivity contribution in [2.24, 2.45) is 10.7 Å².